The third-order valence-corrected chi connectivity index (χ3v) is 4.51. The van der Waals surface area contributed by atoms with Gasteiger partial charge in [0, 0.05) is 26.1 Å². The summed E-state index contributed by atoms with van der Waals surface area (Å²) in [6, 6.07) is 10.3. The van der Waals surface area contributed by atoms with Crippen LogP contribution in [0.2, 0.25) is 0 Å². The first-order chi connectivity index (χ1) is 11.8. The van der Waals surface area contributed by atoms with E-state index in [0.29, 0.717) is 32.8 Å². The summed E-state index contributed by atoms with van der Waals surface area (Å²) in [6.07, 6.45) is 4.93. The number of amides is 2. The van der Waals surface area contributed by atoms with Crippen LogP contribution in [0.5, 0.6) is 0 Å². The molecule has 1 atom stereocenters. The number of carbonyl (C=O) groups is 1. The SMILES string of the molecule is O=C(NCCC1=CCOCC1)N1CCO[C@H](Cc2ccccc2)C1. The quantitative estimate of drug-likeness (QED) is 0.843. The Morgan fingerprint density at radius 3 is 2.92 bits per heavy atom. The summed E-state index contributed by atoms with van der Waals surface area (Å²) in [5, 5.41) is 3.03. The van der Waals surface area contributed by atoms with Crippen LogP contribution in [-0.4, -0.2) is 56.5 Å². The molecule has 130 valence electrons. The first-order valence-electron chi connectivity index (χ1n) is 8.75. The lowest BCUT2D eigenvalue weighted by Gasteiger charge is -2.33. The molecule has 2 aliphatic heterocycles. The fourth-order valence-electron chi connectivity index (χ4n) is 3.14. The molecule has 0 aliphatic carbocycles. The van der Waals surface area contributed by atoms with E-state index in [1.54, 1.807) is 0 Å². The zero-order chi connectivity index (χ0) is 16.6. The zero-order valence-electron chi connectivity index (χ0n) is 14.1. The molecule has 2 amide bonds. The number of urea groups is 1. The van der Waals surface area contributed by atoms with E-state index in [2.05, 4.69) is 23.5 Å². The van der Waals surface area contributed by atoms with Crippen molar-refractivity contribution in [3.8, 4) is 0 Å². The first-order valence-corrected chi connectivity index (χ1v) is 8.75. The summed E-state index contributed by atoms with van der Waals surface area (Å²) in [5.74, 6) is 0. The van der Waals surface area contributed by atoms with Crippen LogP contribution in [-0.2, 0) is 15.9 Å². The zero-order valence-corrected chi connectivity index (χ0v) is 14.1. The normalized spacial score (nSPS) is 21.2. The van der Waals surface area contributed by atoms with E-state index in [1.165, 1.54) is 11.1 Å². The van der Waals surface area contributed by atoms with Gasteiger partial charge in [0.15, 0.2) is 0 Å². The summed E-state index contributed by atoms with van der Waals surface area (Å²) in [4.78, 5) is 14.2. The average Bonchev–Trinajstić information content (AvgIpc) is 2.64. The highest BCUT2D eigenvalue weighted by Gasteiger charge is 2.24. The summed E-state index contributed by atoms with van der Waals surface area (Å²) >= 11 is 0. The van der Waals surface area contributed by atoms with E-state index < -0.39 is 0 Å². The van der Waals surface area contributed by atoms with Crippen molar-refractivity contribution in [2.75, 3.05) is 39.5 Å². The Hall–Kier alpha value is -1.85. The number of rotatable bonds is 5. The van der Waals surface area contributed by atoms with Gasteiger partial charge in [-0.3, -0.25) is 0 Å². The van der Waals surface area contributed by atoms with Crippen molar-refractivity contribution in [3.63, 3.8) is 0 Å². The second-order valence-corrected chi connectivity index (χ2v) is 6.30. The number of carbonyl (C=O) groups excluding carboxylic acids is 1. The van der Waals surface area contributed by atoms with Crippen LogP contribution in [0, 0.1) is 0 Å². The molecule has 0 unspecified atom stereocenters. The van der Waals surface area contributed by atoms with Crippen LogP contribution in [0.15, 0.2) is 42.0 Å². The van der Waals surface area contributed by atoms with E-state index in [0.717, 1.165) is 25.9 Å². The van der Waals surface area contributed by atoms with Crippen LogP contribution >= 0.6 is 0 Å². The smallest absolute Gasteiger partial charge is 0.317 e. The van der Waals surface area contributed by atoms with Gasteiger partial charge in [-0.05, 0) is 18.4 Å². The molecule has 5 nitrogen and oxygen atoms in total. The highest BCUT2D eigenvalue weighted by atomic mass is 16.5. The predicted octanol–water partition coefficient (Wildman–Crippen LogP) is 2.38. The number of nitrogens with one attached hydrogen (secondary N) is 1. The van der Waals surface area contributed by atoms with Gasteiger partial charge in [-0.15, -0.1) is 0 Å². The molecule has 1 aromatic carbocycles. The number of benzene rings is 1. The number of ether oxygens (including phenoxy) is 2. The molecule has 5 heteroatoms. The van der Waals surface area contributed by atoms with Gasteiger partial charge < -0.3 is 19.7 Å². The van der Waals surface area contributed by atoms with Crippen molar-refractivity contribution in [3.05, 3.63) is 47.5 Å². The Balaban J connectivity index is 1.42. The standard InChI is InChI=1S/C19H26N2O3/c22-19(20-9-6-16-7-11-23-12-8-16)21-10-13-24-18(15-21)14-17-4-2-1-3-5-17/h1-5,7,18H,6,8-15H2,(H,20,22)/t18-/m1/s1. The molecular formula is C19H26N2O3. The summed E-state index contributed by atoms with van der Waals surface area (Å²) in [6.45, 7) is 4.10. The molecule has 0 spiro atoms. The van der Waals surface area contributed by atoms with E-state index in [1.807, 2.05) is 23.1 Å². The maximum absolute atomic E-state index is 12.4. The fraction of sp³-hybridized carbons (Fsp3) is 0.526. The van der Waals surface area contributed by atoms with Crippen molar-refractivity contribution >= 4 is 6.03 Å². The number of nitrogens with zero attached hydrogens (tertiary/aromatic N) is 1. The molecule has 0 radical (unpaired) electrons. The van der Waals surface area contributed by atoms with Crippen LogP contribution < -0.4 is 5.32 Å². The maximum Gasteiger partial charge on any atom is 0.317 e. The lowest BCUT2D eigenvalue weighted by molar-refractivity contribution is -0.0132. The Morgan fingerprint density at radius 1 is 1.25 bits per heavy atom. The minimum atomic E-state index is 0.0176. The Morgan fingerprint density at radius 2 is 2.12 bits per heavy atom. The Bertz CT molecular complexity index is 559. The minimum Gasteiger partial charge on any atom is -0.377 e. The molecule has 1 N–H and O–H groups in total. The molecule has 2 heterocycles. The van der Waals surface area contributed by atoms with E-state index in [9.17, 15) is 4.79 Å². The average molecular weight is 330 g/mol. The van der Waals surface area contributed by atoms with Gasteiger partial charge in [0.2, 0.25) is 0 Å². The van der Waals surface area contributed by atoms with Gasteiger partial charge >= 0.3 is 6.03 Å². The largest absolute Gasteiger partial charge is 0.377 e. The number of hydrogen-bond acceptors (Lipinski definition) is 3. The predicted molar refractivity (Wildman–Crippen MR) is 93.0 cm³/mol. The first kappa shape index (κ1) is 17.0. The lowest BCUT2D eigenvalue weighted by Crippen LogP contribution is -2.50. The molecule has 0 aromatic heterocycles. The third kappa shape index (κ3) is 5.08. The molecule has 3 rings (SSSR count). The van der Waals surface area contributed by atoms with Crippen molar-refractivity contribution in [1.29, 1.82) is 0 Å². The van der Waals surface area contributed by atoms with Gasteiger partial charge in [0.05, 0.1) is 25.9 Å². The minimum absolute atomic E-state index is 0.0176. The van der Waals surface area contributed by atoms with Crippen molar-refractivity contribution in [2.45, 2.75) is 25.4 Å². The Kier molecular flexibility index (Phi) is 6.26. The van der Waals surface area contributed by atoms with Crippen molar-refractivity contribution < 1.29 is 14.3 Å². The van der Waals surface area contributed by atoms with E-state index in [4.69, 9.17) is 9.47 Å². The third-order valence-electron chi connectivity index (χ3n) is 4.51. The Labute approximate surface area is 143 Å². The van der Waals surface area contributed by atoms with Crippen LogP contribution in [0.4, 0.5) is 4.79 Å². The molecule has 1 saturated heterocycles. The number of hydrogen-bond donors (Lipinski definition) is 1. The fourth-order valence-corrected chi connectivity index (χ4v) is 3.14. The van der Waals surface area contributed by atoms with Gasteiger partial charge in [0.1, 0.15) is 0 Å². The molecular weight excluding hydrogens is 304 g/mol. The van der Waals surface area contributed by atoms with Crippen LogP contribution in [0.3, 0.4) is 0 Å². The lowest BCUT2D eigenvalue weighted by atomic mass is 10.1. The topological polar surface area (TPSA) is 50.8 Å². The molecule has 0 bridgehead atoms. The van der Waals surface area contributed by atoms with Crippen molar-refractivity contribution in [2.24, 2.45) is 0 Å². The monoisotopic (exact) mass is 330 g/mol. The van der Waals surface area contributed by atoms with Gasteiger partial charge in [-0.25, -0.2) is 4.79 Å². The molecule has 0 saturated carbocycles. The van der Waals surface area contributed by atoms with Crippen LogP contribution in [0.1, 0.15) is 18.4 Å². The van der Waals surface area contributed by atoms with Gasteiger partial charge in [-0.2, -0.15) is 0 Å². The van der Waals surface area contributed by atoms with E-state index >= 15 is 0 Å². The summed E-state index contributed by atoms with van der Waals surface area (Å²) in [5.41, 5.74) is 2.63. The second kappa shape index (κ2) is 8.85. The summed E-state index contributed by atoms with van der Waals surface area (Å²) in [7, 11) is 0. The van der Waals surface area contributed by atoms with Gasteiger partial charge in [-0.1, -0.05) is 42.0 Å². The number of morpholine rings is 1. The molecule has 24 heavy (non-hydrogen) atoms. The van der Waals surface area contributed by atoms with E-state index in [-0.39, 0.29) is 12.1 Å². The molecule has 1 fully saturated rings. The van der Waals surface area contributed by atoms with Gasteiger partial charge in [0.25, 0.3) is 0 Å². The second-order valence-electron chi connectivity index (χ2n) is 6.30. The van der Waals surface area contributed by atoms with Crippen LogP contribution in [0.25, 0.3) is 0 Å². The maximum atomic E-state index is 12.4. The highest BCUT2D eigenvalue weighted by molar-refractivity contribution is 5.74. The van der Waals surface area contributed by atoms with Crippen molar-refractivity contribution in [1.82, 2.24) is 10.2 Å². The summed E-state index contributed by atoms with van der Waals surface area (Å²) < 4.78 is 11.1. The highest BCUT2D eigenvalue weighted by Crippen LogP contribution is 2.13. The molecule has 2 aliphatic rings. The molecule has 1 aromatic rings.